The maximum Gasteiger partial charge on any atom is 0.252 e. The second kappa shape index (κ2) is 13.7. The number of aliphatic hydroxyl groups is 2. The van der Waals surface area contributed by atoms with Crippen molar-refractivity contribution in [3.8, 4) is 11.5 Å². The van der Waals surface area contributed by atoms with Crippen LogP contribution in [0.25, 0.3) is 0 Å². The van der Waals surface area contributed by atoms with Crippen molar-refractivity contribution in [1.82, 2.24) is 5.32 Å². The molecular formula is C33H37BrN2O6. The molecule has 1 heterocycles. The summed E-state index contributed by atoms with van der Waals surface area (Å²) >= 11 is 3.68. The van der Waals surface area contributed by atoms with Crippen molar-refractivity contribution in [2.24, 2.45) is 4.99 Å². The van der Waals surface area contributed by atoms with E-state index in [4.69, 9.17) is 24.3 Å². The largest absolute Gasteiger partial charge is 0.497 e. The van der Waals surface area contributed by atoms with E-state index in [1.165, 1.54) is 0 Å². The fourth-order valence-electron chi connectivity index (χ4n) is 5.55. The first-order valence-corrected chi connectivity index (χ1v) is 15.2. The van der Waals surface area contributed by atoms with Crippen molar-refractivity contribution in [3.63, 3.8) is 0 Å². The number of nitrogens with zero attached hydrogens (tertiary/aromatic N) is 1. The molecule has 1 aliphatic heterocycles. The molecule has 1 saturated carbocycles. The van der Waals surface area contributed by atoms with Crippen molar-refractivity contribution in [2.45, 2.75) is 62.3 Å². The molecule has 8 nitrogen and oxygen atoms in total. The number of methoxy groups -OCH3 is 1. The zero-order valence-electron chi connectivity index (χ0n) is 23.7. The van der Waals surface area contributed by atoms with E-state index in [0.29, 0.717) is 62.5 Å². The minimum atomic E-state index is -1.32. The number of hydrogen-bond donors (Lipinski definition) is 3. The number of amides is 1. The fraction of sp³-hybridized carbons (Fsp3) is 0.394. The van der Waals surface area contributed by atoms with Gasteiger partial charge < -0.3 is 29.7 Å². The highest BCUT2D eigenvalue weighted by atomic mass is 79.9. The lowest BCUT2D eigenvalue weighted by Crippen LogP contribution is -2.53. The van der Waals surface area contributed by atoms with Crippen LogP contribution in [0.3, 0.4) is 0 Å². The van der Waals surface area contributed by atoms with E-state index < -0.39 is 11.6 Å². The topological polar surface area (TPSA) is 110 Å². The Balaban J connectivity index is 1.57. The van der Waals surface area contributed by atoms with Gasteiger partial charge in [0.25, 0.3) is 5.91 Å². The third-order valence-corrected chi connectivity index (χ3v) is 8.65. The average molecular weight is 638 g/mol. The van der Waals surface area contributed by atoms with Crippen molar-refractivity contribution in [1.29, 1.82) is 0 Å². The Hall–Kier alpha value is -3.40. The minimum Gasteiger partial charge on any atom is -0.497 e. The normalized spacial score (nSPS) is 23.5. The zero-order chi connectivity index (χ0) is 29.5. The monoisotopic (exact) mass is 636 g/mol. The highest BCUT2D eigenvalue weighted by Crippen LogP contribution is 2.44. The van der Waals surface area contributed by atoms with Gasteiger partial charge in [-0.3, -0.25) is 4.79 Å². The maximum absolute atomic E-state index is 14.5. The number of hydrogen-bond acceptors (Lipinski definition) is 7. The number of carbonyl (C=O) groups excluding carboxylic acids is 1. The smallest absolute Gasteiger partial charge is 0.252 e. The van der Waals surface area contributed by atoms with Crippen LogP contribution in [0.15, 0.2) is 82.3 Å². The SMILES string of the molecule is COc1cccc([C@H]2OC(c3ccc(OCCCO)cc3)=N[C@@]2(Cc2ccccc2Br)C(=O)NC2CCC(O)CC2)c1. The quantitative estimate of drug-likeness (QED) is 0.252. The summed E-state index contributed by atoms with van der Waals surface area (Å²) in [6.07, 6.45) is 2.50. The molecule has 42 heavy (non-hydrogen) atoms. The van der Waals surface area contributed by atoms with Gasteiger partial charge in [-0.15, -0.1) is 0 Å². The number of halogens is 1. The summed E-state index contributed by atoms with van der Waals surface area (Å²) in [6, 6.07) is 22.7. The molecule has 5 rings (SSSR count). The standard InChI is InChI=1S/C33H37BrN2O6/c1-40-28-8-4-7-23(20-28)30-33(21-24-6-2-3-9-29(24)34,32(39)35-25-12-14-26(38)15-13-25)36-31(42-30)22-10-16-27(17-11-22)41-19-5-18-37/h2-4,6-11,16-17,20,25-26,30,37-38H,5,12-15,18-19,21H2,1H3,(H,35,39)/t25?,26?,30-,33-/m1/s1. The van der Waals surface area contributed by atoms with Crippen LogP contribution in [0.4, 0.5) is 0 Å². The van der Waals surface area contributed by atoms with Gasteiger partial charge >= 0.3 is 0 Å². The van der Waals surface area contributed by atoms with Crippen LogP contribution in [-0.4, -0.2) is 60.0 Å². The highest BCUT2D eigenvalue weighted by Gasteiger charge is 2.54. The van der Waals surface area contributed by atoms with Crippen LogP contribution in [0.2, 0.25) is 0 Å². The van der Waals surface area contributed by atoms with Crippen molar-refractivity contribution in [2.75, 3.05) is 20.3 Å². The molecule has 1 amide bonds. The number of aliphatic hydroxyl groups excluding tert-OH is 2. The van der Waals surface area contributed by atoms with Gasteiger partial charge in [0.2, 0.25) is 5.90 Å². The van der Waals surface area contributed by atoms with Gasteiger partial charge in [-0.25, -0.2) is 4.99 Å². The Bertz CT molecular complexity index is 1390. The minimum absolute atomic E-state index is 0.0578. The second-order valence-electron chi connectivity index (χ2n) is 10.8. The molecule has 222 valence electrons. The molecule has 2 aliphatic rings. The molecule has 0 bridgehead atoms. The summed E-state index contributed by atoms with van der Waals surface area (Å²) in [5.74, 6) is 1.48. The van der Waals surface area contributed by atoms with Crippen LogP contribution in [-0.2, 0) is 16.0 Å². The van der Waals surface area contributed by atoms with Crippen LogP contribution in [0.1, 0.15) is 54.9 Å². The van der Waals surface area contributed by atoms with Gasteiger partial charge in [0, 0.05) is 35.5 Å². The molecule has 3 aromatic rings. The number of aliphatic imine (C=N–C) groups is 1. The third-order valence-electron chi connectivity index (χ3n) is 7.88. The lowest BCUT2D eigenvalue weighted by molar-refractivity contribution is -0.130. The Morgan fingerprint density at radius 3 is 2.52 bits per heavy atom. The number of benzene rings is 3. The van der Waals surface area contributed by atoms with Crippen molar-refractivity contribution < 1.29 is 29.2 Å². The molecule has 0 saturated heterocycles. The second-order valence-corrected chi connectivity index (χ2v) is 11.7. The van der Waals surface area contributed by atoms with Crippen LogP contribution < -0.4 is 14.8 Å². The van der Waals surface area contributed by atoms with Gasteiger partial charge in [0.05, 0.1) is 19.8 Å². The Labute approximate surface area is 254 Å². The highest BCUT2D eigenvalue weighted by molar-refractivity contribution is 9.10. The Morgan fingerprint density at radius 2 is 1.81 bits per heavy atom. The zero-order valence-corrected chi connectivity index (χ0v) is 25.3. The first-order valence-electron chi connectivity index (χ1n) is 14.4. The molecule has 0 radical (unpaired) electrons. The first kappa shape index (κ1) is 30.1. The molecule has 2 atom stereocenters. The molecule has 0 aromatic heterocycles. The van der Waals surface area contributed by atoms with Gasteiger partial charge in [0.15, 0.2) is 11.6 Å². The average Bonchev–Trinajstić information content (AvgIpc) is 3.40. The molecule has 3 N–H and O–H groups in total. The maximum atomic E-state index is 14.5. The number of ether oxygens (including phenoxy) is 3. The van der Waals surface area contributed by atoms with Gasteiger partial charge in [-0.2, -0.15) is 0 Å². The van der Waals surface area contributed by atoms with E-state index in [2.05, 4.69) is 21.2 Å². The van der Waals surface area contributed by atoms with E-state index in [1.54, 1.807) is 7.11 Å². The fourth-order valence-corrected chi connectivity index (χ4v) is 5.97. The lowest BCUT2D eigenvalue weighted by Gasteiger charge is -2.34. The van der Waals surface area contributed by atoms with Crippen molar-refractivity contribution >= 4 is 27.7 Å². The first-order chi connectivity index (χ1) is 20.4. The van der Waals surface area contributed by atoms with Crippen LogP contribution in [0.5, 0.6) is 11.5 Å². The van der Waals surface area contributed by atoms with E-state index in [9.17, 15) is 9.90 Å². The Morgan fingerprint density at radius 1 is 1.05 bits per heavy atom. The predicted molar refractivity (Wildman–Crippen MR) is 164 cm³/mol. The molecular weight excluding hydrogens is 600 g/mol. The molecule has 1 fully saturated rings. The summed E-state index contributed by atoms with van der Waals surface area (Å²) < 4.78 is 18.7. The van der Waals surface area contributed by atoms with Gasteiger partial charge in [0.1, 0.15) is 11.5 Å². The predicted octanol–water partition coefficient (Wildman–Crippen LogP) is 5.14. The van der Waals surface area contributed by atoms with Crippen LogP contribution in [0, 0.1) is 0 Å². The number of carbonyl (C=O) groups is 1. The van der Waals surface area contributed by atoms with E-state index in [-0.39, 0.29) is 24.7 Å². The summed E-state index contributed by atoms with van der Waals surface area (Å²) in [4.78, 5) is 19.6. The molecule has 3 aromatic carbocycles. The van der Waals surface area contributed by atoms with Crippen LogP contribution >= 0.6 is 15.9 Å². The third kappa shape index (κ3) is 6.80. The molecule has 0 spiro atoms. The number of rotatable bonds is 11. The van der Waals surface area contributed by atoms with Gasteiger partial charge in [-0.1, -0.05) is 46.3 Å². The Kier molecular flexibility index (Phi) is 9.82. The summed E-state index contributed by atoms with van der Waals surface area (Å²) in [5, 5.41) is 22.4. The molecule has 1 aliphatic carbocycles. The van der Waals surface area contributed by atoms with Crippen molar-refractivity contribution in [3.05, 3.63) is 94.0 Å². The summed E-state index contributed by atoms with van der Waals surface area (Å²) in [5.41, 5.74) is 1.11. The summed E-state index contributed by atoms with van der Waals surface area (Å²) in [6.45, 7) is 0.482. The van der Waals surface area contributed by atoms with Gasteiger partial charge in [-0.05, 0) is 79.3 Å². The lowest BCUT2D eigenvalue weighted by atomic mass is 9.81. The number of nitrogens with one attached hydrogen (secondary N) is 1. The molecule has 9 heteroatoms. The summed E-state index contributed by atoms with van der Waals surface area (Å²) in [7, 11) is 1.61. The van der Waals surface area contributed by atoms with E-state index in [1.807, 2.05) is 72.8 Å². The van der Waals surface area contributed by atoms with E-state index in [0.717, 1.165) is 21.2 Å². The van der Waals surface area contributed by atoms with E-state index >= 15 is 0 Å². The molecule has 0 unspecified atom stereocenters.